The van der Waals surface area contributed by atoms with E-state index in [1.807, 2.05) is 14.0 Å². The summed E-state index contributed by atoms with van der Waals surface area (Å²) in [7, 11) is 1.85. The van der Waals surface area contributed by atoms with Crippen LogP contribution in [-0.4, -0.2) is 26.0 Å². The van der Waals surface area contributed by atoms with Crippen LogP contribution in [0.3, 0.4) is 0 Å². The molecule has 78 valence electrons. The number of carbonyl (C=O) groups is 1. The van der Waals surface area contributed by atoms with Crippen LogP contribution in [0.2, 0.25) is 0 Å². The molecule has 14 heavy (non-hydrogen) atoms. The van der Waals surface area contributed by atoms with E-state index < -0.39 is 0 Å². The van der Waals surface area contributed by atoms with E-state index in [1.54, 1.807) is 12.3 Å². The van der Waals surface area contributed by atoms with E-state index in [1.165, 1.54) is 0 Å². The summed E-state index contributed by atoms with van der Waals surface area (Å²) >= 11 is 0. The standard InChI is InChI=1S/C10H16N2O2/c1-3-9-8(4-7-14-9)10(13)12-6-5-11-2/h4,7,11H,3,5-6H2,1-2H3,(H,12,13). The summed E-state index contributed by atoms with van der Waals surface area (Å²) in [5, 5.41) is 5.76. The lowest BCUT2D eigenvalue weighted by Gasteiger charge is -2.03. The van der Waals surface area contributed by atoms with Crippen LogP contribution in [0.15, 0.2) is 16.7 Å². The molecule has 0 radical (unpaired) electrons. The number of likely N-dealkylation sites (N-methyl/N-ethyl adjacent to an activating group) is 1. The van der Waals surface area contributed by atoms with Gasteiger partial charge in [0.05, 0.1) is 11.8 Å². The highest BCUT2D eigenvalue weighted by molar-refractivity contribution is 5.95. The first kappa shape index (κ1) is 10.8. The van der Waals surface area contributed by atoms with Crippen molar-refractivity contribution < 1.29 is 9.21 Å². The Morgan fingerprint density at radius 2 is 2.29 bits per heavy atom. The Balaban J connectivity index is 2.51. The minimum Gasteiger partial charge on any atom is -0.469 e. The minimum atomic E-state index is -0.0640. The predicted molar refractivity (Wildman–Crippen MR) is 54.3 cm³/mol. The van der Waals surface area contributed by atoms with Gasteiger partial charge in [0, 0.05) is 19.5 Å². The van der Waals surface area contributed by atoms with E-state index in [0.717, 1.165) is 18.7 Å². The maximum atomic E-state index is 11.6. The molecule has 0 bridgehead atoms. The normalized spacial score (nSPS) is 10.1. The van der Waals surface area contributed by atoms with Gasteiger partial charge in [-0.3, -0.25) is 4.79 Å². The second-order valence-corrected chi connectivity index (χ2v) is 2.97. The molecule has 0 fully saturated rings. The number of hydrogen-bond acceptors (Lipinski definition) is 3. The van der Waals surface area contributed by atoms with Crippen LogP contribution in [0.5, 0.6) is 0 Å². The van der Waals surface area contributed by atoms with Crippen molar-refractivity contribution >= 4 is 5.91 Å². The molecule has 4 heteroatoms. The first-order valence-electron chi connectivity index (χ1n) is 4.78. The maximum Gasteiger partial charge on any atom is 0.254 e. The van der Waals surface area contributed by atoms with Crippen molar-refractivity contribution in [3.63, 3.8) is 0 Å². The molecule has 0 aliphatic heterocycles. The smallest absolute Gasteiger partial charge is 0.254 e. The highest BCUT2D eigenvalue weighted by Crippen LogP contribution is 2.10. The first-order chi connectivity index (χ1) is 6.79. The second-order valence-electron chi connectivity index (χ2n) is 2.97. The zero-order chi connectivity index (χ0) is 10.4. The zero-order valence-corrected chi connectivity index (χ0v) is 8.59. The number of nitrogens with one attached hydrogen (secondary N) is 2. The molecule has 0 aliphatic rings. The monoisotopic (exact) mass is 196 g/mol. The zero-order valence-electron chi connectivity index (χ0n) is 8.59. The van der Waals surface area contributed by atoms with Crippen molar-refractivity contribution in [3.05, 3.63) is 23.7 Å². The van der Waals surface area contributed by atoms with Gasteiger partial charge in [-0.05, 0) is 13.1 Å². The van der Waals surface area contributed by atoms with Crippen LogP contribution in [0, 0.1) is 0 Å². The van der Waals surface area contributed by atoms with Gasteiger partial charge in [-0.1, -0.05) is 6.92 Å². The Morgan fingerprint density at radius 1 is 1.50 bits per heavy atom. The third-order valence-electron chi connectivity index (χ3n) is 1.97. The second kappa shape index (κ2) is 5.44. The lowest BCUT2D eigenvalue weighted by molar-refractivity contribution is 0.0952. The van der Waals surface area contributed by atoms with Crippen molar-refractivity contribution in [2.45, 2.75) is 13.3 Å². The summed E-state index contributed by atoms with van der Waals surface area (Å²) in [6.45, 7) is 3.36. The fraction of sp³-hybridized carbons (Fsp3) is 0.500. The number of hydrogen-bond donors (Lipinski definition) is 2. The van der Waals surface area contributed by atoms with Gasteiger partial charge >= 0.3 is 0 Å². The summed E-state index contributed by atoms with van der Waals surface area (Å²) in [5.74, 6) is 0.679. The van der Waals surface area contributed by atoms with Crippen LogP contribution >= 0.6 is 0 Å². The van der Waals surface area contributed by atoms with Crippen LogP contribution < -0.4 is 10.6 Å². The Bertz CT molecular complexity index is 294. The van der Waals surface area contributed by atoms with E-state index in [2.05, 4.69) is 10.6 Å². The van der Waals surface area contributed by atoms with Crippen LogP contribution in [-0.2, 0) is 6.42 Å². The maximum absolute atomic E-state index is 11.6. The summed E-state index contributed by atoms with van der Waals surface area (Å²) in [5.41, 5.74) is 0.642. The molecule has 2 N–H and O–H groups in total. The molecule has 1 rings (SSSR count). The molecule has 0 saturated carbocycles. The number of aryl methyl sites for hydroxylation is 1. The summed E-state index contributed by atoms with van der Waals surface area (Å²) in [6.07, 6.45) is 2.29. The van der Waals surface area contributed by atoms with Crippen LogP contribution in [0.4, 0.5) is 0 Å². The Kier molecular flexibility index (Phi) is 4.19. The van der Waals surface area contributed by atoms with Gasteiger partial charge in [-0.25, -0.2) is 0 Å². The van der Waals surface area contributed by atoms with Gasteiger partial charge in [-0.2, -0.15) is 0 Å². The SMILES string of the molecule is CCc1occc1C(=O)NCCNC. The van der Waals surface area contributed by atoms with E-state index in [4.69, 9.17) is 4.42 Å². The van der Waals surface area contributed by atoms with Gasteiger partial charge in [-0.15, -0.1) is 0 Å². The molecule has 0 aromatic carbocycles. The largest absolute Gasteiger partial charge is 0.469 e. The number of carbonyl (C=O) groups excluding carboxylic acids is 1. The molecule has 0 saturated heterocycles. The molecular weight excluding hydrogens is 180 g/mol. The third kappa shape index (κ3) is 2.60. The fourth-order valence-electron chi connectivity index (χ4n) is 1.21. The predicted octanol–water partition coefficient (Wildman–Crippen LogP) is 0.791. The van der Waals surface area contributed by atoms with Crippen molar-refractivity contribution in [1.82, 2.24) is 10.6 Å². The minimum absolute atomic E-state index is 0.0640. The van der Waals surface area contributed by atoms with E-state index in [-0.39, 0.29) is 5.91 Å². The van der Waals surface area contributed by atoms with E-state index >= 15 is 0 Å². The van der Waals surface area contributed by atoms with Crippen LogP contribution in [0.25, 0.3) is 0 Å². The molecule has 0 aliphatic carbocycles. The number of rotatable bonds is 5. The lowest BCUT2D eigenvalue weighted by Crippen LogP contribution is -2.30. The van der Waals surface area contributed by atoms with Gasteiger partial charge in [0.25, 0.3) is 5.91 Å². The molecule has 0 unspecified atom stereocenters. The Labute approximate surface area is 83.7 Å². The summed E-state index contributed by atoms with van der Waals surface area (Å²) in [4.78, 5) is 11.6. The molecule has 1 aromatic heterocycles. The van der Waals surface area contributed by atoms with Crippen LogP contribution in [0.1, 0.15) is 23.0 Å². The van der Waals surface area contributed by atoms with Gasteiger partial charge < -0.3 is 15.1 Å². The molecule has 0 atom stereocenters. The van der Waals surface area contributed by atoms with Gasteiger partial charge in [0.2, 0.25) is 0 Å². The van der Waals surface area contributed by atoms with Crippen molar-refractivity contribution in [2.24, 2.45) is 0 Å². The summed E-state index contributed by atoms with van der Waals surface area (Å²) in [6, 6.07) is 1.70. The first-order valence-corrected chi connectivity index (χ1v) is 4.78. The van der Waals surface area contributed by atoms with E-state index in [0.29, 0.717) is 12.1 Å². The molecular formula is C10H16N2O2. The molecule has 1 heterocycles. The highest BCUT2D eigenvalue weighted by Gasteiger charge is 2.11. The lowest BCUT2D eigenvalue weighted by atomic mass is 10.2. The Morgan fingerprint density at radius 3 is 2.93 bits per heavy atom. The number of amides is 1. The average Bonchev–Trinajstić information content (AvgIpc) is 2.65. The van der Waals surface area contributed by atoms with Crippen molar-refractivity contribution in [3.8, 4) is 0 Å². The Hall–Kier alpha value is -1.29. The van der Waals surface area contributed by atoms with Crippen molar-refractivity contribution in [2.75, 3.05) is 20.1 Å². The highest BCUT2D eigenvalue weighted by atomic mass is 16.3. The third-order valence-corrected chi connectivity index (χ3v) is 1.97. The quantitative estimate of drug-likeness (QED) is 0.685. The van der Waals surface area contributed by atoms with E-state index in [9.17, 15) is 4.79 Å². The topological polar surface area (TPSA) is 54.3 Å². The average molecular weight is 196 g/mol. The number of furan rings is 1. The fourth-order valence-corrected chi connectivity index (χ4v) is 1.21. The summed E-state index contributed by atoms with van der Waals surface area (Å²) < 4.78 is 5.16. The molecule has 1 aromatic rings. The molecule has 4 nitrogen and oxygen atoms in total. The molecule has 0 spiro atoms. The van der Waals surface area contributed by atoms with Gasteiger partial charge in [0.15, 0.2) is 0 Å². The molecule has 1 amide bonds. The van der Waals surface area contributed by atoms with Gasteiger partial charge in [0.1, 0.15) is 5.76 Å². The van der Waals surface area contributed by atoms with Crippen molar-refractivity contribution in [1.29, 1.82) is 0 Å².